The third kappa shape index (κ3) is 2.33. The average molecular weight is 231 g/mol. The Morgan fingerprint density at radius 3 is 2.18 bits per heavy atom. The number of H-pyrrole nitrogens is 1. The fourth-order valence-electron chi connectivity index (χ4n) is 1.67. The van der Waals surface area contributed by atoms with Crippen LogP contribution in [0, 0.1) is 0 Å². The van der Waals surface area contributed by atoms with Crippen LogP contribution in [0.5, 0.6) is 0 Å². The SMILES string of the molecule is CC(C)(C)c1cnc2nc(C(C)(C)C)[nH]c2c1. The molecule has 0 saturated heterocycles. The summed E-state index contributed by atoms with van der Waals surface area (Å²) in [6.45, 7) is 13.0. The summed E-state index contributed by atoms with van der Waals surface area (Å²) in [6.07, 6.45) is 1.93. The molecule has 0 aliphatic carbocycles. The molecule has 3 nitrogen and oxygen atoms in total. The number of hydrogen-bond donors (Lipinski definition) is 1. The Labute approximate surface area is 103 Å². The molecule has 0 atom stereocenters. The molecule has 0 saturated carbocycles. The molecule has 3 heteroatoms. The lowest BCUT2D eigenvalue weighted by Gasteiger charge is -2.17. The second kappa shape index (κ2) is 3.56. The van der Waals surface area contributed by atoms with Crippen LogP contribution in [0.15, 0.2) is 12.3 Å². The van der Waals surface area contributed by atoms with Crippen molar-refractivity contribution in [1.82, 2.24) is 15.0 Å². The highest BCUT2D eigenvalue weighted by molar-refractivity contribution is 5.71. The number of hydrogen-bond acceptors (Lipinski definition) is 2. The van der Waals surface area contributed by atoms with Gasteiger partial charge in [0.2, 0.25) is 0 Å². The summed E-state index contributed by atoms with van der Waals surface area (Å²) in [7, 11) is 0. The average Bonchev–Trinajstić information content (AvgIpc) is 2.57. The van der Waals surface area contributed by atoms with Gasteiger partial charge in [-0.3, -0.25) is 0 Å². The van der Waals surface area contributed by atoms with Crippen LogP contribution in [0.25, 0.3) is 11.2 Å². The van der Waals surface area contributed by atoms with E-state index in [0.29, 0.717) is 0 Å². The molecule has 0 fully saturated rings. The van der Waals surface area contributed by atoms with Gasteiger partial charge in [0.1, 0.15) is 5.82 Å². The topological polar surface area (TPSA) is 41.6 Å². The fraction of sp³-hybridized carbons (Fsp3) is 0.571. The normalized spacial score (nSPS) is 13.3. The number of aromatic amines is 1. The summed E-state index contributed by atoms with van der Waals surface area (Å²) >= 11 is 0. The maximum Gasteiger partial charge on any atom is 0.177 e. The largest absolute Gasteiger partial charge is 0.340 e. The Kier molecular flexibility index (Phi) is 2.53. The van der Waals surface area contributed by atoms with E-state index in [1.807, 2.05) is 6.20 Å². The highest BCUT2D eigenvalue weighted by Crippen LogP contribution is 2.26. The molecule has 2 aromatic heterocycles. The van der Waals surface area contributed by atoms with Crippen molar-refractivity contribution in [2.24, 2.45) is 0 Å². The van der Waals surface area contributed by atoms with E-state index in [2.05, 4.69) is 62.6 Å². The summed E-state index contributed by atoms with van der Waals surface area (Å²) in [5.41, 5.74) is 3.22. The smallest absolute Gasteiger partial charge is 0.177 e. The van der Waals surface area contributed by atoms with E-state index in [1.165, 1.54) is 5.56 Å². The number of imidazole rings is 1. The Morgan fingerprint density at radius 1 is 1.00 bits per heavy atom. The number of nitrogens with one attached hydrogen (secondary N) is 1. The number of fused-ring (bicyclic) bond motifs is 1. The monoisotopic (exact) mass is 231 g/mol. The van der Waals surface area contributed by atoms with Crippen LogP contribution in [-0.2, 0) is 10.8 Å². The Bertz CT molecular complexity index is 527. The number of aromatic nitrogens is 3. The molecule has 2 aromatic rings. The van der Waals surface area contributed by atoms with E-state index in [-0.39, 0.29) is 10.8 Å². The maximum atomic E-state index is 4.54. The Balaban J connectivity index is 2.56. The van der Waals surface area contributed by atoms with Crippen molar-refractivity contribution in [1.29, 1.82) is 0 Å². The van der Waals surface area contributed by atoms with E-state index in [0.717, 1.165) is 17.0 Å². The first-order chi connectivity index (χ1) is 7.68. The van der Waals surface area contributed by atoms with Gasteiger partial charge in [-0.15, -0.1) is 0 Å². The lowest BCUT2D eigenvalue weighted by molar-refractivity contribution is 0.554. The van der Waals surface area contributed by atoms with Crippen LogP contribution in [0.2, 0.25) is 0 Å². The molecule has 1 N–H and O–H groups in total. The molecule has 2 rings (SSSR count). The van der Waals surface area contributed by atoms with Gasteiger partial charge < -0.3 is 4.98 Å². The van der Waals surface area contributed by atoms with Crippen molar-refractivity contribution in [2.45, 2.75) is 52.4 Å². The van der Waals surface area contributed by atoms with Gasteiger partial charge in [-0.2, -0.15) is 0 Å². The molecule has 0 amide bonds. The second-order valence-electron chi connectivity index (χ2n) is 6.68. The number of rotatable bonds is 0. The highest BCUT2D eigenvalue weighted by Gasteiger charge is 2.20. The molecular formula is C14H21N3. The van der Waals surface area contributed by atoms with E-state index in [9.17, 15) is 0 Å². The van der Waals surface area contributed by atoms with Crippen molar-refractivity contribution in [2.75, 3.05) is 0 Å². The minimum absolute atomic E-state index is 0.0304. The first kappa shape index (κ1) is 12.1. The maximum absolute atomic E-state index is 4.54. The predicted octanol–water partition coefficient (Wildman–Crippen LogP) is 3.55. The van der Waals surface area contributed by atoms with Gasteiger partial charge >= 0.3 is 0 Å². The third-order valence-corrected chi connectivity index (χ3v) is 2.91. The standard InChI is InChI=1S/C14H21N3/c1-13(2,3)9-7-10-11(15-8-9)17-12(16-10)14(4,5)6/h7-8H,1-6H3,(H,15,16,17). The van der Waals surface area contributed by atoms with E-state index in [4.69, 9.17) is 0 Å². The van der Waals surface area contributed by atoms with Crippen LogP contribution in [-0.4, -0.2) is 15.0 Å². The summed E-state index contributed by atoms with van der Waals surface area (Å²) in [5, 5.41) is 0. The van der Waals surface area contributed by atoms with Crippen LogP contribution in [0.1, 0.15) is 52.9 Å². The minimum Gasteiger partial charge on any atom is -0.340 e. The molecule has 0 radical (unpaired) electrons. The molecule has 0 aliphatic heterocycles. The van der Waals surface area contributed by atoms with Gasteiger partial charge in [-0.1, -0.05) is 41.5 Å². The van der Waals surface area contributed by atoms with Crippen molar-refractivity contribution < 1.29 is 0 Å². The number of pyridine rings is 1. The lowest BCUT2D eigenvalue weighted by atomic mass is 9.88. The summed E-state index contributed by atoms with van der Waals surface area (Å²) in [5.74, 6) is 0.992. The number of nitrogens with zero attached hydrogens (tertiary/aromatic N) is 2. The van der Waals surface area contributed by atoms with Gasteiger partial charge in [0, 0.05) is 11.6 Å². The molecular weight excluding hydrogens is 210 g/mol. The van der Waals surface area contributed by atoms with Crippen LogP contribution in [0.4, 0.5) is 0 Å². The first-order valence-corrected chi connectivity index (χ1v) is 6.05. The highest BCUT2D eigenvalue weighted by atomic mass is 15.0. The van der Waals surface area contributed by atoms with Gasteiger partial charge in [-0.05, 0) is 17.0 Å². The van der Waals surface area contributed by atoms with Crippen LogP contribution in [0.3, 0.4) is 0 Å². The van der Waals surface area contributed by atoms with Gasteiger partial charge in [0.15, 0.2) is 5.65 Å². The molecule has 2 heterocycles. The van der Waals surface area contributed by atoms with Crippen molar-refractivity contribution in [3.05, 3.63) is 23.7 Å². The van der Waals surface area contributed by atoms with Crippen LogP contribution < -0.4 is 0 Å². The Morgan fingerprint density at radius 2 is 1.65 bits per heavy atom. The van der Waals surface area contributed by atoms with Crippen molar-refractivity contribution in [3.63, 3.8) is 0 Å². The van der Waals surface area contributed by atoms with Crippen molar-refractivity contribution in [3.8, 4) is 0 Å². The zero-order valence-corrected chi connectivity index (χ0v) is 11.5. The Hall–Kier alpha value is -1.38. The van der Waals surface area contributed by atoms with Gasteiger partial charge in [0.25, 0.3) is 0 Å². The van der Waals surface area contributed by atoms with E-state index >= 15 is 0 Å². The summed E-state index contributed by atoms with van der Waals surface area (Å²) in [4.78, 5) is 12.4. The predicted molar refractivity (Wildman–Crippen MR) is 71.3 cm³/mol. The second-order valence-corrected chi connectivity index (χ2v) is 6.68. The fourth-order valence-corrected chi connectivity index (χ4v) is 1.67. The van der Waals surface area contributed by atoms with E-state index < -0.39 is 0 Å². The zero-order valence-electron chi connectivity index (χ0n) is 11.5. The van der Waals surface area contributed by atoms with Crippen molar-refractivity contribution >= 4 is 11.2 Å². The van der Waals surface area contributed by atoms with Gasteiger partial charge in [0.05, 0.1) is 5.52 Å². The van der Waals surface area contributed by atoms with Crippen LogP contribution >= 0.6 is 0 Å². The lowest BCUT2D eigenvalue weighted by Crippen LogP contribution is -2.13. The summed E-state index contributed by atoms with van der Waals surface area (Å²) in [6, 6.07) is 2.16. The quantitative estimate of drug-likeness (QED) is 0.753. The van der Waals surface area contributed by atoms with E-state index in [1.54, 1.807) is 0 Å². The zero-order chi connectivity index (χ0) is 12.8. The molecule has 0 aromatic carbocycles. The first-order valence-electron chi connectivity index (χ1n) is 6.05. The molecule has 17 heavy (non-hydrogen) atoms. The third-order valence-electron chi connectivity index (χ3n) is 2.91. The molecule has 0 unspecified atom stereocenters. The summed E-state index contributed by atoms with van der Waals surface area (Å²) < 4.78 is 0. The molecule has 92 valence electrons. The molecule has 0 aliphatic rings. The molecule has 0 bridgehead atoms. The van der Waals surface area contributed by atoms with Gasteiger partial charge in [-0.25, -0.2) is 9.97 Å². The minimum atomic E-state index is 0.0304. The molecule has 0 spiro atoms.